The quantitative estimate of drug-likeness (QED) is 0.688. The summed E-state index contributed by atoms with van der Waals surface area (Å²) in [5, 5.41) is 0. The fraction of sp³-hybridized carbons (Fsp3) is 0.462. The first kappa shape index (κ1) is 8.96. The Morgan fingerprint density at radius 2 is 1.93 bits per heavy atom. The van der Waals surface area contributed by atoms with Crippen LogP contribution in [0.25, 0.3) is 11.0 Å². The lowest BCUT2D eigenvalue weighted by Crippen LogP contribution is -2.11. The van der Waals surface area contributed by atoms with Crippen molar-refractivity contribution in [3.8, 4) is 0 Å². The normalized spacial score (nSPS) is 18.4. The van der Waals surface area contributed by atoms with E-state index in [2.05, 4.69) is 34.1 Å². The zero-order valence-electron chi connectivity index (χ0n) is 8.82. The first-order chi connectivity index (χ1) is 7.45. The van der Waals surface area contributed by atoms with Crippen LogP contribution in [0, 0.1) is 6.33 Å². The number of benzene rings is 1. The van der Waals surface area contributed by atoms with Crippen molar-refractivity contribution in [2.24, 2.45) is 0 Å². The van der Waals surface area contributed by atoms with Gasteiger partial charge < -0.3 is 4.57 Å². The van der Waals surface area contributed by atoms with Gasteiger partial charge in [0.1, 0.15) is 0 Å². The third-order valence-electron chi connectivity index (χ3n) is 3.36. The molecule has 0 atom stereocenters. The van der Waals surface area contributed by atoms with Crippen molar-refractivity contribution >= 4 is 11.0 Å². The number of hydrogen-bond acceptors (Lipinski definition) is 1. The molecule has 1 aromatic carbocycles. The molecule has 1 aromatic heterocycles. The molecule has 1 saturated carbocycles. The smallest absolute Gasteiger partial charge is 0.177 e. The van der Waals surface area contributed by atoms with E-state index in [0.29, 0.717) is 6.04 Å². The molecule has 1 aliphatic carbocycles. The summed E-state index contributed by atoms with van der Waals surface area (Å²) >= 11 is 0. The summed E-state index contributed by atoms with van der Waals surface area (Å²) < 4.78 is 2.24. The predicted octanol–water partition coefficient (Wildman–Crippen LogP) is 3.34. The number of fused-ring (bicyclic) bond motifs is 1. The summed E-state index contributed by atoms with van der Waals surface area (Å²) in [6, 6.07) is 8.95. The second-order valence-corrected chi connectivity index (χ2v) is 4.36. The van der Waals surface area contributed by atoms with Crippen LogP contribution in [0.15, 0.2) is 24.3 Å². The molecular weight excluding hydrogens is 184 g/mol. The predicted molar refractivity (Wildman–Crippen MR) is 60.7 cm³/mol. The minimum absolute atomic E-state index is 0.631. The summed E-state index contributed by atoms with van der Waals surface area (Å²) in [5.74, 6) is 0. The Balaban J connectivity index is 2.02. The van der Waals surface area contributed by atoms with E-state index >= 15 is 0 Å². The lowest BCUT2D eigenvalue weighted by molar-refractivity contribution is 0.358. The Labute approximate surface area is 89.9 Å². The minimum atomic E-state index is 0.631. The molecule has 1 heterocycles. The van der Waals surface area contributed by atoms with Gasteiger partial charge in [-0.15, -0.1) is 0 Å². The van der Waals surface area contributed by atoms with E-state index in [1.807, 2.05) is 6.07 Å². The molecule has 15 heavy (non-hydrogen) atoms. The molecule has 0 spiro atoms. The lowest BCUT2D eigenvalue weighted by Gasteiger charge is -2.23. The fourth-order valence-electron chi connectivity index (χ4n) is 2.54. The number of hydrogen-bond donors (Lipinski definition) is 0. The molecule has 0 saturated heterocycles. The molecule has 77 valence electrons. The first-order valence-electron chi connectivity index (χ1n) is 5.80. The van der Waals surface area contributed by atoms with Crippen molar-refractivity contribution in [3.63, 3.8) is 0 Å². The molecule has 0 unspecified atom stereocenters. The Bertz CT molecular complexity index is 452. The third kappa shape index (κ3) is 1.54. The molecule has 0 aliphatic heterocycles. The van der Waals surface area contributed by atoms with E-state index in [9.17, 15) is 0 Å². The molecule has 2 nitrogen and oxygen atoms in total. The average molecular weight is 199 g/mol. The van der Waals surface area contributed by atoms with Crippen LogP contribution in [0.1, 0.15) is 38.1 Å². The number of aromatic nitrogens is 2. The Morgan fingerprint density at radius 3 is 2.80 bits per heavy atom. The fourth-order valence-corrected chi connectivity index (χ4v) is 2.54. The molecule has 0 amide bonds. The second-order valence-electron chi connectivity index (χ2n) is 4.36. The van der Waals surface area contributed by atoms with Crippen LogP contribution in [0.3, 0.4) is 0 Å². The molecule has 1 aliphatic rings. The van der Waals surface area contributed by atoms with Crippen molar-refractivity contribution in [2.45, 2.75) is 38.1 Å². The highest BCUT2D eigenvalue weighted by Crippen LogP contribution is 2.30. The maximum atomic E-state index is 4.33. The minimum Gasteiger partial charge on any atom is -0.318 e. The Kier molecular flexibility index (Phi) is 2.20. The van der Waals surface area contributed by atoms with Gasteiger partial charge in [0.05, 0.1) is 11.0 Å². The van der Waals surface area contributed by atoms with E-state index in [0.717, 1.165) is 5.52 Å². The van der Waals surface area contributed by atoms with Crippen molar-refractivity contribution in [1.82, 2.24) is 9.55 Å². The summed E-state index contributed by atoms with van der Waals surface area (Å²) in [6.07, 6.45) is 9.82. The van der Waals surface area contributed by atoms with Gasteiger partial charge in [-0.3, -0.25) is 0 Å². The zero-order valence-corrected chi connectivity index (χ0v) is 8.82. The largest absolute Gasteiger partial charge is 0.318 e. The van der Waals surface area contributed by atoms with E-state index in [1.165, 1.54) is 37.6 Å². The lowest BCUT2D eigenvalue weighted by atomic mass is 9.95. The van der Waals surface area contributed by atoms with Gasteiger partial charge in [0.15, 0.2) is 6.33 Å². The van der Waals surface area contributed by atoms with Gasteiger partial charge in [-0.1, -0.05) is 31.4 Å². The van der Waals surface area contributed by atoms with Crippen LogP contribution >= 0.6 is 0 Å². The highest BCUT2D eigenvalue weighted by molar-refractivity contribution is 5.74. The Morgan fingerprint density at radius 1 is 1.13 bits per heavy atom. The van der Waals surface area contributed by atoms with E-state index in [-0.39, 0.29) is 0 Å². The van der Waals surface area contributed by atoms with Crippen LogP contribution in [-0.2, 0) is 0 Å². The maximum absolute atomic E-state index is 4.33. The summed E-state index contributed by atoms with van der Waals surface area (Å²) in [6.45, 7) is 0. The molecule has 0 bridgehead atoms. The highest BCUT2D eigenvalue weighted by atomic mass is 15.1. The molecule has 3 rings (SSSR count). The topological polar surface area (TPSA) is 17.8 Å². The van der Waals surface area contributed by atoms with Crippen LogP contribution in [0.4, 0.5) is 0 Å². The third-order valence-corrected chi connectivity index (χ3v) is 3.36. The van der Waals surface area contributed by atoms with E-state index in [4.69, 9.17) is 0 Å². The van der Waals surface area contributed by atoms with Crippen LogP contribution in [0.5, 0.6) is 0 Å². The van der Waals surface area contributed by atoms with Crippen molar-refractivity contribution in [3.05, 3.63) is 30.6 Å². The number of imidazole rings is 1. The zero-order chi connectivity index (χ0) is 10.1. The highest BCUT2D eigenvalue weighted by Gasteiger charge is 2.17. The number of rotatable bonds is 1. The molecule has 2 heteroatoms. The van der Waals surface area contributed by atoms with Crippen LogP contribution < -0.4 is 0 Å². The van der Waals surface area contributed by atoms with Gasteiger partial charge in [-0.05, 0) is 25.0 Å². The van der Waals surface area contributed by atoms with Gasteiger partial charge >= 0.3 is 0 Å². The van der Waals surface area contributed by atoms with Gasteiger partial charge in [0.2, 0.25) is 0 Å². The van der Waals surface area contributed by atoms with Gasteiger partial charge in [-0.2, -0.15) is 0 Å². The van der Waals surface area contributed by atoms with Crippen molar-refractivity contribution in [1.29, 1.82) is 0 Å². The molecule has 0 N–H and O–H groups in total. The maximum Gasteiger partial charge on any atom is 0.177 e. The number of nitrogens with zero attached hydrogens (tertiary/aromatic N) is 2. The first-order valence-corrected chi connectivity index (χ1v) is 5.80. The molecule has 2 aromatic rings. The van der Waals surface area contributed by atoms with Gasteiger partial charge in [0.25, 0.3) is 0 Å². The summed E-state index contributed by atoms with van der Waals surface area (Å²) in [4.78, 5) is 4.33. The summed E-state index contributed by atoms with van der Waals surface area (Å²) in [5.41, 5.74) is 2.31. The van der Waals surface area contributed by atoms with Gasteiger partial charge in [0, 0.05) is 6.04 Å². The standard InChI is InChI=1S/C13H15N2/c1-2-6-11(7-3-1)15-10-14-12-8-4-5-9-13(12)15/h4-5,8-9,11H,1-3,6-7H2. The van der Waals surface area contributed by atoms with E-state index < -0.39 is 0 Å². The Hall–Kier alpha value is -1.31. The molecular formula is C13H15N2. The SMILES string of the molecule is [c]1nc2ccccc2n1C1CCCCC1. The molecule has 1 radical (unpaired) electrons. The van der Waals surface area contributed by atoms with Crippen LogP contribution in [0.2, 0.25) is 0 Å². The second kappa shape index (κ2) is 3.69. The molecule has 1 fully saturated rings. The van der Waals surface area contributed by atoms with Crippen molar-refractivity contribution < 1.29 is 0 Å². The summed E-state index contributed by atoms with van der Waals surface area (Å²) in [7, 11) is 0. The van der Waals surface area contributed by atoms with Crippen LogP contribution in [-0.4, -0.2) is 9.55 Å². The van der Waals surface area contributed by atoms with E-state index in [1.54, 1.807) is 0 Å². The van der Waals surface area contributed by atoms with Crippen molar-refractivity contribution in [2.75, 3.05) is 0 Å². The average Bonchev–Trinajstić information content (AvgIpc) is 2.74. The number of para-hydroxylation sites is 2. The monoisotopic (exact) mass is 199 g/mol. The van der Waals surface area contributed by atoms with Gasteiger partial charge in [-0.25, -0.2) is 4.98 Å².